The van der Waals surface area contributed by atoms with Crippen molar-refractivity contribution >= 4 is 14.4 Å². The highest BCUT2D eigenvalue weighted by molar-refractivity contribution is 6.42. The molecule has 0 spiro atoms. The van der Waals surface area contributed by atoms with E-state index in [0.717, 1.165) is 190 Å². The SMILES string of the molecule is CCCCN(c1ccccc1)C1Oc2cc(C)c(O)cc2C1C.CC[Si](=O)Cc1cc2c(cc1C)OC(C)(C)CC2C.CCc1cc2c(cc1O)C(C)CC(C)(C)O2.Cc1c(O)c(CO)cc2c1C(C)CC(C)(C)O2.Cc1cc2c(cc1CO)C(C)CC(C)(C)O2.Cc1cc2c(cc1O)C(C)CC(C)(C)O2.Cc1cc2c(cc1O)CCC(C)(C)O2. The van der Waals surface area contributed by atoms with Gasteiger partial charge < -0.3 is 78.3 Å². The number of anilines is 1. The molecule has 16 nitrogen and oxygen atoms in total. The van der Waals surface area contributed by atoms with Crippen molar-refractivity contribution in [3.8, 4) is 69.0 Å². The zero-order valence-corrected chi connectivity index (χ0v) is 78.4. The van der Waals surface area contributed by atoms with Crippen LogP contribution in [-0.2, 0) is 36.6 Å². The van der Waals surface area contributed by atoms with E-state index in [1.807, 2.05) is 103 Å². The molecule has 7 N–H and O–H groups in total. The maximum absolute atomic E-state index is 11.8. The van der Waals surface area contributed by atoms with E-state index in [1.54, 1.807) is 6.07 Å². The normalized spacial score (nSPS) is 21.1. The number of hydrogen-bond donors (Lipinski definition) is 7. The van der Waals surface area contributed by atoms with Gasteiger partial charge in [-0.1, -0.05) is 93.0 Å². The van der Waals surface area contributed by atoms with Gasteiger partial charge in [-0.25, -0.2) is 0 Å². The van der Waals surface area contributed by atoms with Crippen LogP contribution in [0.15, 0.2) is 109 Å². The summed E-state index contributed by atoms with van der Waals surface area (Å²) in [6.45, 7) is 57.3. The van der Waals surface area contributed by atoms with E-state index in [1.165, 1.54) is 27.9 Å². The van der Waals surface area contributed by atoms with Crippen molar-refractivity contribution in [2.24, 2.45) is 0 Å². The van der Waals surface area contributed by atoms with Crippen molar-refractivity contribution in [1.29, 1.82) is 0 Å². The number of rotatable bonds is 11. The van der Waals surface area contributed by atoms with Gasteiger partial charge in [0.05, 0.1) is 13.2 Å². The molecule has 0 amide bonds. The molecule has 0 bridgehead atoms. The van der Waals surface area contributed by atoms with Crippen LogP contribution < -0.4 is 38.1 Å². The van der Waals surface area contributed by atoms with Crippen LogP contribution in [-0.4, -0.2) is 90.8 Å². The first-order chi connectivity index (χ1) is 56.0. The molecule has 0 aromatic heterocycles. The summed E-state index contributed by atoms with van der Waals surface area (Å²) in [5.74, 6) is 10.6. The fourth-order valence-electron chi connectivity index (χ4n) is 18.3. The van der Waals surface area contributed by atoms with Crippen molar-refractivity contribution in [2.45, 2.75) is 352 Å². The first kappa shape index (κ1) is 94.9. The molecule has 7 aliphatic rings. The predicted molar refractivity (Wildman–Crippen MR) is 487 cm³/mol. The lowest BCUT2D eigenvalue weighted by molar-refractivity contribution is 0.0734. The Morgan fingerprint density at radius 3 is 1.28 bits per heavy atom. The summed E-state index contributed by atoms with van der Waals surface area (Å²) in [5, 5.41) is 67.6. The molecule has 8 aromatic rings. The summed E-state index contributed by atoms with van der Waals surface area (Å²) < 4.78 is 53.9. The molecule has 7 aliphatic heterocycles. The lowest BCUT2D eigenvalue weighted by atomic mass is 9.82. The van der Waals surface area contributed by atoms with Crippen LogP contribution in [0, 0.1) is 41.5 Å². The van der Waals surface area contributed by atoms with Gasteiger partial charge in [-0.05, 0) is 370 Å². The number of aromatic hydroxyl groups is 5. The summed E-state index contributed by atoms with van der Waals surface area (Å²) in [7, 11) is -1.46. The molecule has 7 unspecified atom stereocenters. The largest absolute Gasteiger partial charge is 0.508 e. The highest BCUT2D eigenvalue weighted by atomic mass is 28.3. The van der Waals surface area contributed by atoms with Crippen LogP contribution in [0.3, 0.4) is 0 Å². The second kappa shape index (κ2) is 38.7. The van der Waals surface area contributed by atoms with Crippen molar-refractivity contribution in [1.82, 2.24) is 0 Å². The second-order valence-electron chi connectivity index (χ2n) is 38.8. The van der Waals surface area contributed by atoms with E-state index in [9.17, 15) is 40.2 Å². The van der Waals surface area contributed by atoms with Gasteiger partial charge in [-0.15, -0.1) is 0 Å². The third-order valence-electron chi connectivity index (χ3n) is 24.6. The smallest absolute Gasteiger partial charge is 0.280 e. The number of fused-ring (bicyclic) bond motifs is 7. The molecule has 7 heterocycles. The summed E-state index contributed by atoms with van der Waals surface area (Å²) >= 11 is 0. The third-order valence-corrected chi connectivity index (χ3v) is 26.1. The number of unbranched alkanes of at least 4 members (excludes halogenated alkanes) is 1. The number of nitrogens with zero attached hydrogens (tertiary/aromatic N) is 1. The Hall–Kier alpha value is -8.90. The molecule has 0 radical (unpaired) electrons. The van der Waals surface area contributed by atoms with Gasteiger partial charge in [0.1, 0.15) is 103 Å². The van der Waals surface area contributed by atoms with E-state index in [0.29, 0.717) is 58.2 Å². The van der Waals surface area contributed by atoms with Crippen LogP contribution in [0.2, 0.25) is 6.04 Å². The van der Waals surface area contributed by atoms with Gasteiger partial charge in [-0.3, -0.25) is 0 Å². The van der Waals surface area contributed by atoms with Crippen molar-refractivity contribution in [3.05, 3.63) is 204 Å². The van der Waals surface area contributed by atoms with E-state index in [2.05, 4.69) is 192 Å². The molecule has 0 saturated heterocycles. The van der Waals surface area contributed by atoms with Crippen molar-refractivity contribution in [3.63, 3.8) is 0 Å². The average Bonchev–Trinajstić information content (AvgIpc) is 1.08. The number of ether oxygens (including phenoxy) is 7. The maximum atomic E-state index is 11.8. The van der Waals surface area contributed by atoms with Crippen molar-refractivity contribution in [2.75, 3.05) is 11.4 Å². The van der Waals surface area contributed by atoms with Gasteiger partial charge in [0, 0.05) is 52.0 Å². The highest BCUT2D eigenvalue weighted by Crippen LogP contribution is 2.51. The Morgan fingerprint density at radius 1 is 0.417 bits per heavy atom. The maximum Gasteiger partial charge on any atom is 0.280 e. The first-order valence-electron chi connectivity index (χ1n) is 43.8. The molecule has 0 fully saturated rings. The van der Waals surface area contributed by atoms with Crippen LogP contribution in [0.25, 0.3) is 0 Å². The van der Waals surface area contributed by atoms with E-state index < -0.39 is 8.68 Å². The zero-order chi connectivity index (χ0) is 88.8. The molecule has 17 heteroatoms. The molecule has 7 atom stereocenters. The van der Waals surface area contributed by atoms with Gasteiger partial charge >= 0.3 is 0 Å². The topological polar surface area (TPSA) is 227 Å². The number of aliphatic hydroxyl groups is 2. The zero-order valence-electron chi connectivity index (χ0n) is 77.4. The molecular formula is C103H143NO15Si. The van der Waals surface area contributed by atoms with Crippen LogP contribution in [0.5, 0.6) is 69.0 Å². The Labute approximate surface area is 719 Å². The summed E-state index contributed by atoms with van der Waals surface area (Å²) in [6.07, 6.45) is 10.0. The van der Waals surface area contributed by atoms with Gasteiger partial charge in [0.25, 0.3) is 8.68 Å². The van der Waals surface area contributed by atoms with Crippen LogP contribution >= 0.6 is 0 Å². The number of aliphatic hydroxyl groups excluding tert-OH is 2. The quantitative estimate of drug-likeness (QED) is 0.0598. The number of phenols is 5. The molecule has 120 heavy (non-hydrogen) atoms. The predicted octanol–water partition coefficient (Wildman–Crippen LogP) is 24.8. The Kier molecular flexibility index (Phi) is 30.6. The number of hydrogen-bond acceptors (Lipinski definition) is 16. The fraction of sp³-hybridized carbons (Fsp3) is 0.534. The van der Waals surface area contributed by atoms with E-state index in [4.69, 9.17) is 33.2 Å². The number of para-hydroxylation sites is 1. The monoisotopic (exact) mass is 1660 g/mol. The Bertz CT molecular complexity index is 4900. The summed E-state index contributed by atoms with van der Waals surface area (Å²) in [5.41, 5.74) is 18.1. The van der Waals surface area contributed by atoms with Gasteiger partial charge in [-0.2, -0.15) is 0 Å². The number of aryl methyl sites for hydroxylation is 7. The minimum atomic E-state index is -1.46. The summed E-state index contributed by atoms with van der Waals surface area (Å²) in [6, 6.07) is 37.4. The van der Waals surface area contributed by atoms with Gasteiger partial charge in [0.15, 0.2) is 6.23 Å². The Balaban J connectivity index is 0.000000160. The molecular weight excluding hydrogens is 1520 g/mol. The lowest BCUT2D eigenvalue weighted by Crippen LogP contribution is -2.41. The highest BCUT2D eigenvalue weighted by Gasteiger charge is 2.40. The molecule has 654 valence electrons. The van der Waals surface area contributed by atoms with Crippen LogP contribution in [0.1, 0.15) is 327 Å². The number of benzene rings is 8. The van der Waals surface area contributed by atoms with Gasteiger partial charge in [0.2, 0.25) is 0 Å². The first-order valence-corrected chi connectivity index (χ1v) is 45.7. The average molecular weight is 1660 g/mol. The third kappa shape index (κ3) is 23.7. The minimum absolute atomic E-state index is 0.0276. The standard InChI is InChI=1S/C20H25NO2.C16H24O2Si.C14H20O3.2C14H20O2.C13H18O2.C12H16O2/c1-4-5-11-21(16-9-7-6-8-10-16)20-15(3)17-13-18(22)14(2)12-19(17)23-20;1-6-19(17)10-13-8-14-12(3)9-16(4,5)18-15(14)7-11(13)2;1-8-6-14(3,4)17-11-5-10(7-15)13(16)9(2)12(8)11;1-9-5-13-12(6-11(9)8-15)10(2)7-14(3,4)16-13;1-5-10-6-13-11(7-12(10)15)9(2)8-14(3,4)16-13;1-8-5-12-10(6-11(8)14)9(2)7-13(3,4)15-12;1-8-6-11-9(7-10(8)13)4-5-12(2,3)14-11/h6-10,12-13,15,20,22H,4-5,11H2,1-3H3;7-8,12H,6,9-10H2,1-5H3;5,8,15-16H,6-7H2,1-4H3;5-6,10,15H,7-8H2,1-4H3;6-7,9,15H,5,8H2,1-4H3;5-6,9,14H,7H2,1-4H3;6-7,13H,4-5H2,1-3H3. The summed E-state index contributed by atoms with van der Waals surface area (Å²) in [4.78, 5) is 2.35. The minimum Gasteiger partial charge on any atom is -0.508 e. The second-order valence-corrected chi connectivity index (χ2v) is 40.9. The molecule has 0 saturated carbocycles. The van der Waals surface area contributed by atoms with E-state index >= 15 is 0 Å². The lowest BCUT2D eigenvalue weighted by Gasteiger charge is -2.37. The van der Waals surface area contributed by atoms with E-state index in [-0.39, 0.29) is 64.7 Å². The molecule has 8 aromatic carbocycles. The molecule has 15 rings (SSSR count). The Morgan fingerprint density at radius 2 is 0.808 bits per heavy atom. The molecule has 0 aliphatic carbocycles. The fourth-order valence-corrected chi connectivity index (χ4v) is 19.3. The number of phenolic OH excluding ortho intramolecular Hbond substituents is 4. The van der Waals surface area contributed by atoms with Crippen molar-refractivity contribution < 1.29 is 73.4 Å². The van der Waals surface area contributed by atoms with Crippen LogP contribution in [0.4, 0.5) is 5.69 Å².